The fraction of sp³-hybridized carbons (Fsp3) is 0.607. The first-order valence-corrected chi connectivity index (χ1v) is 13.3. The van der Waals surface area contributed by atoms with Crippen molar-refractivity contribution in [1.82, 2.24) is 15.6 Å². The number of fused-ring (bicyclic) bond motifs is 1. The predicted molar refractivity (Wildman–Crippen MR) is 141 cm³/mol. The van der Waals surface area contributed by atoms with Crippen LogP contribution in [-0.2, 0) is 4.74 Å². The fourth-order valence-electron chi connectivity index (χ4n) is 5.12. The van der Waals surface area contributed by atoms with Crippen LogP contribution in [0.1, 0.15) is 69.7 Å². The number of nitrogens with zero attached hydrogens (tertiary/aromatic N) is 2. The Morgan fingerprint density at radius 2 is 1.61 bits per heavy atom. The third-order valence-electron chi connectivity index (χ3n) is 7.19. The topological polar surface area (TPSA) is 104 Å². The Morgan fingerprint density at radius 1 is 1.00 bits per heavy atom. The highest BCUT2D eigenvalue weighted by atomic mass is 16.6. The van der Waals surface area contributed by atoms with Crippen LogP contribution in [0.15, 0.2) is 30.3 Å². The number of carbonyl (C=O) groups is 2. The van der Waals surface area contributed by atoms with Gasteiger partial charge >= 0.3 is 6.09 Å². The highest BCUT2D eigenvalue weighted by molar-refractivity contribution is 6.07. The van der Waals surface area contributed by atoms with E-state index in [1.165, 1.54) is 0 Å². The van der Waals surface area contributed by atoms with Gasteiger partial charge in [-0.25, -0.2) is 9.78 Å². The molecule has 0 radical (unpaired) electrons. The molecule has 36 heavy (non-hydrogen) atoms. The largest absolute Gasteiger partial charge is 0.444 e. The first-order valence-electron chi connectivity index (χ1n) is 13.3. The van der Waals surface area contributed by atoms with E-state index in [1.54, 1.807) is 0 Å². The van der Waals surface area contributed by atoms with Gasteiger partial charge in [-0.1, -0.05) is 18.2 Å². The number of carbonyl (C=O) groups excluding carboxylic acids is 2. The van der Waals surface area contributed by atoms with Crippen molar-refractivity contribution in [2.45, 2.75) is 71.0 Å². The van der Waals surface area contributed by atoms with E-state index in [4.69, 9.17) is 9.72 Å². The van der Waals surface area contributed by atoms with Crippen LogP contribution in [0, 0.1) is 11.8 Å². The molecule has 1 saturated carbocycles. The maximum atomic E-state index is 13.3. The van der Waals surface area contributed by atoms with Gasteiger partial charge in [-0.2, -0.15) is 0 Å². The van der Waals surface area contributed by atoms with Crippen LogP contribution in [0.25, 0.3) is 10.9 Å². The summed E-state index contributed by atoms with van der Waals surface area (Å²) in [6, 6.07) is 9.67. The number of aromatic nitrogens is 1. The second kappa shape index (κ2) is 11.5. The number of hydrogen-bond acceptors (Lipinski definition) is 6. The second-order valence-electron chi connectivity index (χ2n) is 11.2. The van der Waals surface area contributed by atoms with Crippen LogP contribution in [-0.4, -0.2) is 60.0 Å². The number of aliphatic hydroxyl groups excluding tert-OH is 1. The van der Waals surface area contributed by atoms with Gasteiger partial charge in [0, 0.05) is 31.6 Å². The van der Waals surface area contributed by atoms with Gasteiger partial charge in [-0.15, -0.1) is 0 Å². The molecule has 1 aliphatic carbocycles. The maximum absolute atomic E-state index is 13.3. The molecule has 196 valence electrons. The van der Waals surface area contributed by atoms with Gasteiger partial charge in [0.05, 0.1) is 17.2 Å². The van der Waals surface area contributed by atoms with E-state index < -0.39 is 5.60 Å². The number of hydrogen-bond donors (Lipinski definition) is 3. The molecule has 0 atom stereocenters. The lowest BCUT2D eigenvalue weighted by Gasteiger charge is -2.31. The molecule has 1 aromatic heterocycles. The molecular formula is C28H40N4O4. The molecule has 2 fully saturated rings. The predicted octanol–water partition coefficient (Wildman–Crippen LogP) is 4.26. The Kier molecular flexibility index (Phi) is 8.34. The number of piperidine rings is 1. The summed E-state index contributed by atoms with van der Waals surface area (Å²) in [6.07, 6.45) is 4.92. The van der Waals surface area contributed by atoms with Gasteiger partial charge in [0.25, 0.3) is 5.91 Å². The van der Waals surface area contributed by atoms with Gasteiger partial charge in [0.2, 0.25) is 0 Å². The summed E-state index contributed by atoms with van der Waals surface area (Å²) in [5.74, 6) is 1.60. The minimum absolute atomic E-state index is 0.0689. The Morgan fingerprint density at radius 3 is 2.25 bits per heavy atom. The van der Waals surface area contributed by atoms with Crippen molar-refractivity contribution in [1.29, 1.82) is 0 Å². The number of rotatable bonds is 6. The Labute approximate surface area is 213 Å². The molecule has 4 rings (SSSR count). The van der Waals surface area contributed by atoms with Crippen LogP contribution >= 0.6 is 0 Å². The Hall–Kier alpha value is -2.87. The van der Waals surface area contributed by atoms with Crippen LogP contribution in [0.5, 0.6) is 0 Å². The number of para-hydroxylation sites is 1. The molecule has 2 aromatic rings. The highest BCUT2D eigenvalue weighted by Crippen LogP contribution is 2.29. The summed E-state index contributed by atoms with van der Waals surface area (Å²) in [6.45, 7) is 8.33. The van der Waals surface area contributed by atoms with Gasteiger partial charge in [-0.3, -0.25) is 4.79 Å². The lowest BCUT2D eigenvalue weighted by molar-refractivity contribution is 0.0512. The zero-order valence-corrected chi connectivity index (χ0v) is 21.8. The third-order valence-corrected chi connectivity index (χ3v) is 7.19. The number of aliphatic hydroxyl groups is 1. The Balaban J connectivity index is 1.31. The quantitative estimate of drug-likeness (QED) is 0.552. The first kappa shape index (κ1) is 26.2. The molecule has 2 heterocycles. The minimum atomic E-state index is -0.489. The van der Waals surface area contributed by atoms with E-state index in [1.807, 2.05) is 51.1 Å². The van der Waals surface area contributed by atoms with Crippen molar-refractivity contribution in [3.8, 4) is 0 Å². The molecule has 2 amide bonds. The zero-order chi connectivity index (χ0) is 25.7. The molecule has 1 saturated heterocycles. The monoisotopic (exact) mass is 496 g/mol. The average molecular weight is 497 g/mol. The van der Waals surface area contributed by atoms with E-state index in [-0.39, 0.29) is 18.1 Å². The lowest BCUT2D eigenvalue weighted by Crippen LogP contribution is -2.37. The minimum Gasteiger partial charge on any atom is -0.444 e. The number of anilines is 1. The van der Waals surface area contributed by atoms with E-state index in [9.17, 15) is 14.7 Å². The van der Waals surface area contributed by atoms with Crippen molar-refractivity contribution in [3.63, 3.8) is 0 Å². The molecule has 0 bridgehead atoms. The van der Waals surface area contributed by atoms with E-state index in [0.717, 1.165) is 55.5 Å². The van der Waals surface area contributed by atoms with Gasteiger partial charge in [-0.05, 0) is 83.3 Å². The molecule has 2 aliphatic rings. The number of pyridine rings is 1. The van der Waals surface area contributed by atoms with Crippen LogP contribution in [0.3, 0.4) is 0 Å². The number of ether oxygens (including phenoxy) is 1. The highest BCUT2D eigenvalue weighted by Gasteiger charge is 2.25. The van der Waals surface area contributed by atoms with Crippen molar-refractivity contribution in [3.05, 3.63) is 35.9 Å². The normalized spacial score (nSPS) is 21.3. The van der Waals surface area contributed by atoms with Crippen LogP contribution in [0.4, 0.5) is 10.6 Å². The fourth-order valence-corrected chi connectivity index (χ4v) is 5.12. The summed E-state index contributed by atoms with van der Waals surface area (Å²) in [5.41, 5.74) is 0.971. The molecule has 3 N–H and O–H groups in total. The summed E-state index contributed by atoms with van der Waals surface area (Å²) >= 11 is 0. The zero-order valence-electron chi connectivity index (χ0n) is 21.8. The summed E-state index contributed by atoms with van der Waals surface area (Å²) in [4.78, 5) is 32.2. The third kappa shape index (κ3) is 7.09. The number of benzene rings is 1. The summed E-state index contributed by atoms with van der Waals surface area (Å²) in [7, 11) is 0. The van der Waals surface area contributed by atoms with Crippen molar-refractivity contribution < 1.29 is 19.4 Å². The average Bonchev–Trinajstić information content (AvgIpc) is 2.85. The molecule has 0 spiro atoms. The van der Waals surface area contributed by atoms with Gasteiger partial charge in [0.1, 0.15) is 11.4 Å². The molecule has 1 aromatic carbocycles. The van der Waals surface area contributed by atoms with Crippen molar-refractivity contribution >= 4 is 28.7 Å². The van der Waals surface area contributed by atoms with Crippen molar-refractivity contribution in [2.24, 2.45) is 11.8 Å². The maximum Gasteiger partial charge on any atom is 0.407 e. The standard InChI is InChI=1S/C28H40N4O4/c1-28(2,3)36-27(35)30-18-20-10-8-19(9-11-20)17-29-26(34)23-16-25(32-14-12-21(33)13-15-32)31-24-7-5-4-6-22(23)24/h4-7,16,19-21,33H,8-15,17-18H2,1-3H3,(H,29,34)(H,30,35). The van der Waals surface area contributed by atoms with E-state index in [2.05, 4.69) is 15.5 Å². The first-order chi connectivity index (χ1) is 17.2. The SMILES string of the molecule is CC(C)(C)OC(=O)NCC1CCC(CNC(=O)c2cc(N3CCC(O)CC3)nc3ccccc23)CC1. The summed E-state index contributed by atoms with van der Waals surface area (Å²) < 4.78 is 5.32. The molecular weight excluding hydrogens is 456 g/mol. The van der Waals surface area contributed by atoms with Gasteiger partial charge < -0.3 is 25.4 Å². The molecule has 8 heteroatoms. The lowest BCUT2D eigenvalue weighted by atomic mass is 9.82. The number of alkyl carbamates (subject to hydrolysis) is 1. The van der Waals surface area contributed by atoms with Gasteiger partial charge in [0.15, 0.2) is 0 Å². The number of amides is 2. The molecule has 1 aliphatic heterocycles. The van der Waals surface area contributed by atoms with Crippen LogP contribution < -0.4 is 15.5 Å². The van der Waals surface area contributed by atoms with Crippen molar-refractivity contribution in [2.75, 3.05) is 31.1 Å². The smallest absolute Gasteiger partial charge is 0.407 e. The van der Waals surface area contributed by atoms with Crippen LogP contribution in [0.2, 0.25) is 0 Å². The Bertz CT molecular complexity index is 1050. The van der Waals surface area contributed by atoms with E-state index in [0.29, 0.717) is 43.3 Å². The number of nitrogens with one attached hydrogen (secondary N) is 2. The van der Waals surface area contributed by atoms with E-state index >= 15 is 0 Å². The second-order valence-corrected chi connectivity index (χ2v) is 11.2. The molecule has 8 nitrogen and oxygen atoms in total. The molecule has 0 unspecified atom stereocenters. The summed E-state index contributed by atoms with van der Waals surface area (Å²) in [5, 5.41) is 16.8.